The highest BCUT2D eigenvalue weighted by molar-refractivity contribution is 5.31. The number of para-hydroxylation sites is 1. The van der Waals surface area contributed by atoms with Gasteiger partial charge in [-0.15, -0.1) is 0 Å². The van der Waals surface area contributed by atoms with Crippen LogP contribution < -0.4 is 0 Å². The van der Waals surface area contributed by atoms with Gasteiger partial charge in [0.15, 0.2) is 0 Å². The zero-order valence-electron chi connectivity index (χ0n) is 9.86. The number of phenols is 1. The van der Waals surface area contributed by atoms with Gasteiger partial charge in [-0.2, -0.15) is 0 Å². The van der Waals surface area contributed by atoms with E-state index in [0.29, 0.717) is 12.4 Å². The van der Waals surface area contributed by atoms with E-state index in [1.807, 2.05) is 18.2 Å². The van der Waals surface area contributed by atoms with Crippen molar-refractivity contribution in [3.63, 3.8) is 0 Å². The number of aliphatic hydroxyl groups is 1. The Bertz CT molecular complexity index is 284. The molecule has 90 valence electrons. The van der Waals surface area contributed by atoms with Crippen LogP contribution in [0.4, 0.5) is 0 Å². The topological polar surface area (TPSA) is 40.5 Å². The fraction of sp³-hybridized carbons (Fsp3) is 0.571. The van der Waals surface area contributed by atoms with Gasteiger partial charge in [0.2, 0.25) is 0 Å². The Morgan fingerprint density at radius 1 is 0.812 bits per heavy atom. The van der Waals surface area contributed by atoms with Crippen LogP contribution in [-0.2, 0) is 6.42 Å². The van der Waals surface area contributed by atoms with E-state index in [-0.39, 0.29) is 0 Å². The summed E-state index contributed by atoms with van der Waals surface area (Å²) in [4.78, 5) is 0. The Balaban J connectivity index is 2.05. The van der Waals surface area contributed by atoms with Crippen molar-refractivity contribution in [3.8, 4) is 5.75 Å². The average molecular weight is 222 g/mol. The second-order valence-electron chi connectivity index (χ2n) is 4.22. The lowest BCUT2D eigenvalue weighted by Gasteiger charge is -2.04. The normalized spacial score (nSPS) is 10.6. The van der Waals surface area contributed by atoms with Crippen molar-refractivity contribution in [2.45, 2.75) is 44.9 Å². The number of unbranched alkanes of at least 4 members (excludes halogenated alkanes) is 5. The molecular formula is C14H22O2. The fourth-order valence-electron chi connectivity index (χ4n) is 1.86. The summed E-state index contributed by atoms with van der Waals surface area (Å²) in [6.07, 6.45) is 7.81. The maximum Gasteiger partial charge on any atom is 0.118 e. The SMILES string of the molecule is OCCCCCCCCc1ccccc1O. The van der Waals surface area contributed by atoms with Gasteiger partial charge in [-0.25, -0.2) is 0 Å². The van der Waals surface area contributed by atoms with E-state index in [2.05, 4.69) is 0 Å². The number of phenolic OH excluding ortho intramolecular Hbond substituents is 1. The van der Waals surface area contributed by atoms with Crippen molar-refractivity contribution in [2.75, 3.05) is 6.61 Å². The molecule has 0 aromatic heterocycles. The molecule has 2 heteroatoms. The van der Waals surface area contributed by atoms with E-state index in [1.165, 1.54) is 19.3 Å². The van der Waals surface area contributed by atoms with Crippen molar-refractivity contribution >= 4 is 0 Å². The summed E-state index contributed by atoms with van der Waals surface area (Å²) in [6, 6.07) is 7.56. The van der Waals surface area contributed by atoms with Crippen molar-refractivity contribution in [1.29, 1.82) is 0 Å². The molecule has 1 rings (SSSR count). The molecule has 0 aliphatic carbocycles. The number of aliphatic hydroxyl groups excluding tert-OH is 1. The number of aromatic hydroxyl groups is 1. The van der Waals surface area contributed by atoms with E-state index < -0.39 is 0 Å². The predicted molar refractivity (Wildman–Crippen MR) is 66.6 cm³/mol. The van der Waals surface area contributed by atoms with Gasteiger partial charge < -0.3 is 10.2 Å². The smallest absolute Gasteiger partial charge is 0.118 e. The first-order valence-corrected chi connectivity index (χ1v) is 6.22. The van der Waals surface area contributed by atoms with Gasteiger partial charge in [0.1, 0.15) is 5.75 Å². The first-order chi connectivity index (χ1) is 7.84. The predicted octanol–water partition coefficient (Wildman–Crippen LogP) is 3.27. The fourth-order valence-corrected chi connectivity index (χ4v) is 1.86. The lowest BCUT2D eigenvalue weighted by molar-refractivity contribution is 0.282. The Hall–Kier alpha value is -1.02. The summed E-state index contributed by atoms with van der Waals surface area (Å²) in [7, 11) is 0. The Morgan fingerprint density at radius 2 is 1.44 bits per heavy atom. The van der Waals surface area contributed by atoms with E-state index in [0.717, 1.165) is 31.2 Å². The van der Waals surface area contributed by atoms with Crippen molar-refractivity contribution in [2.24, 2.45) is 0 Å². The van der Waals surface area contributed by atoms with E-state index in [1.54, 1.807) is 6.07 Å². The molecule has 1 aromatic rings. The lowest BCUT2D eigenvalue weighted by atomic mass is 10.0. The molecule has 0 amide bonds. The monoisotopic (exact) mass is 222 g/mol. The third-order valence-electron chi connectivity index (χ3n) is 2.85. The van der Waals surface area contributed by atoms with Gasteiger partial charge in [-0.3, -0.25) is 0 Å². The molecule has 0 fully saturated rings. The molecule has 2 nitrogen and oxygen atoms in total. The molecule has 0 bridgehead atoms. The largest absolute Gasteiger partial charge is 0.508 e. The van der Waals surface area contributed by atoms with Crippen LogP contribution in [0, 0.1) is 0 Å². The Morgan fingerprint density at radius 3 is 2.12 bits per heavy atom. The minimum absolute atomic E-state index is 0.317. The third-order valence-corrected chi connectivity index (χ3v) is 2.85. The highest BCUT2D eigenvalue weighted by atomic mass is 16.3. The van der Waals surface area contributed by atoms with Crippen LogP contribution in [-0.4, -0.2) is 16.8 Å². The number of hydrogen-bond acceptors (Lipinski definition) is 2. The number of rotatable bonds is 8. The maximum atomic E-state index is 9.56. The van der Waals surface area contributed by atoms with E-state index in [4.69, 9.17) is 5.11 Å². The van der Waals surface area contributed by atoms with Crippen LogP contribution in [0.3, 0.4) is 0 Å². The van der Waals surface area contributed by atoms with Gasteiger partial charge in [-0.1, -0.05) is 43.9 Å². The van der Waals surface area contributed by atoms with Gasteiger partial charge in [0.05, 0.1) is 0 Å². The minimum atomic E-state index is 0.317. The average Bonchev–Trinajstić information content (AvgIpc) is 2.30. The zero-order valence-corrected chi connectivity index (χ0v) is 9.86. The lowest BCUT2D eigenvalue weighted by Crippen LogP contribution is -1.87. The van der Waals surface area contributed by atoms with Crippen molar-refractivity contribution in [3.05, 3.63) is 29.8 Å². The highest BCUT2D eigenvalue weighted by Crippen LogP contribution is 2.18. The summed E-state index contributed by atoms with van der Waals surface area (Å²) in [6.45, 7) is 0.317. The molecule has 0 radical (unpaired) electrons. The molecule has 2 N–H and O–H groups in total. The molecule has 0 spiro atoms. The molecule has 0 saturated heterocycles. The molecule has 0 aliphatic heterocycles. The molecule has 0 heterocycles. The summed E-state index contributed by atoms with van der Waals surface area (Å²) in [5, 5.41) is 18.2. The number of hydrogen-bond donors (Lipinski definition) is 2. The summed E-state index contributed by atoms with van der Waals surface area (Å²) in [5.74, 6) is 0.419. The molecule has 0 unspecified atom stereocenters. The summed E-state index contributed by atoms with van der Waals surface area (Å²) in [5.41, 5.74) is 1.05. The van der Waals surface area contributed by atoms with Crippen molar-refractivity contribution in [1.82, 2.24) is 0 Å². The standard InChI is InChI=1S/C14H22O2/c15-12-8-4-2-1-3-5-9-13-10-6-7-11-14(13)16/h6-7,10-11,15-16H,1-5,8-9,12H2. The molecule has 0 atom stereocenters. The molecule has 1 aromatic carbocycles. The van der Waals surface area contributed by atoms with Crippen LogP contribution in [0.2, 0.25) is 0 Å². The first kappa shape index (κ1) is 13.0. The van der Waals surface area contributed by atoms with Gasteiger partial charge in [-0.05, 0) is 30.9 Å². The molecule has 0 saturated carbocycles. The van der Waals surface area contributed by atoms with Crippen LogP contribution in [0.1, 0.15) is 44.1 Å². The van der Waals surface area contributed by atoms with Crippen LogP contribution >= 0.6 is 0 Å². The van der Waals surface area contributed by atoms with Gasteiger partial charge >= 0.3 is 0 Å². The van der Waals surface area contributed by atoms with Crippen molar-refractivity contribution < 1.29 is 10.2 Å². The zero-order chi connectivity index (χ0) is 11.6. The highest BCUT2D eigenvalue weighted by Gasteiger charge is 1.98. The quantitative estimate of drug-likeness (QED) is 0.663. The van der Waals surface area contributed by atoms with Crippen LogP contribution in [0.15, 0.2) is 24.3 Å². The summed E-state index contributed by atoms with van der Waals surface area (Å²) >= 11 is 0. The number of benzene rings is 1. The van der Waals surface area contributed by atoms with E-state index in [9.17, 15) is 5.11 Å². The first-order valence-electron chi connectivity index (χ1n) is 6.22. The molecular weight excluding hydrogens is 200 g/mol. The third kappa shape index (κ3) is 5.17. The van der Waals surface area contributed by atoms with Crippen LogP contribution in [0.25, 0.3) is 0 Å². The molecule has 16 heavy (non-hydrogen) atoms. The minimum Gasteiger partial charge on any atom is -0.508 e. The molecule has 0 aliphatic rings. The Labute approximate surface area is 97.9 Å². The number of aryl methyl sites for hydroxylation is 1. The summed E-state index contributed by atoms with van der Waals surface area (Å²) < 4.78 is 0. The van der Waals surface area contributed by atoms with E-state index >= 15 is 0 Å². The second-order valence-corrected chi connectivity index (χ2v) is 4.22. The van der Waals surface area contributed by atoms with Gasteiger partial charge in [0.25, 0.3) is 0 Å². The maximum absolute atomic E-state index is 9.56. The van der Waals surface area contributed by atoms with Crippen LogP contribution in [0.5, 0.6) is 5.75 Å². The Kier molecular flexibility index (Phi) is 6.66. The second kappa shape index (κ2) is 8.17. The van der Waals surface area contributed by atoms with Gasteiger partial charge in [0, 0.05) is 6.61 Å².